The van der Waals surface area contributed by atoms with Crippen LogP contribution in [0.25, 0.3) is 0 Å². The van der Waals surface area contributed by atoms with Crippen LogP contribution in [0.5, 0.6) is 5.75 Å². The summed E-state index contributed by atoms with van der Waals surface area (Å²) in [6.45, 7) is 8.44. The third-order valence-electron chi connectivity index (χ3n) is 6.39. The SMILES string of the molecule is COc1cccc(CN2CC3(CCN(Cc4c(C)noc4C)CC3)CC2=O)c1. The second-order valence-corrected chi connectivity index (χ2v) is 8.36. The minimum Gasteiger partial charge on any atom is -0.497 e. The summed E-state index contributed by atoms with van der Waals surface area (Å²) in [4.78, 5) is 17.2. The lowest BCUT2D eigenvalue weighted by atomic mass is 9.77. The van der Waals surface area contributed by atoms with Crippen molar-refractivity contribution in [2.45, 2.75) is 46.2 Å². The zero-order chi connectivity index (χ0) is 19.7. The van der Waals surface area contributed by atoms with E-state index in [1.165, 1.54) is 5.56 Å². The molecule has 0 radical (unpaired) electrons. The number of hydrogen-bond donors (Lipinski definition) is 0. The van der Waals surface area contributed by atoms with Crippen molar-refractivity contribution in [2.75, 3.05) is 26.7 Å². The molecule has 0 atom stereocenters. The first kappa shape index (κ1) is 19.0. The van der Waals surface area contributed by atoms with Crippen LogP contribution in [0.4, 0.5) is 0 Å². The maximum Gasteiger partial charge on any atom is 0.223 e. The number of amides is 1. The Kier molecular flexibility index (Phi) is 5.15. The Morgan fingerprint density at radius 2 is 2.00 bits per heavy atom. The molecule has 0 aliphatic carbocycles. The molecule has 2 aliphatic heterocycles. The number of methoxy groups -OCH3 is 1. The number of carbonyl (C=O) groups excluding carboxylic acids is 1. The van der Waals surface area contributed by atoms with Gasteiger partial charge in [0.25, 0.3) is 0 Å². The average Bonchev–Trinajstić information content (AvgIpc) is 3.17. The van der Waals surface area contributed by atoms with E-state index in [1.54, 1.807) is 7.11 Å². The normalized spacial score (nSPS) is 19.5. The molecule has 6 nitrogen and oxygen atoms in total. The molecule has 2 aliphatic rings. The quantitative estimate of drug-likeness (QED) is 0.793. The first-order valence-corrected chi connectivity index (χ1v) is 10.0. The van der Waals surface area contributed by atoms with E-state index in [2.05, 4.69) is 16.1 Å². The van der Waals surface area contributed by atoms with Crippen molar-refractivity contribution < 1.29 is 14.1 Å². The number of likely N-dealkylation sites (tertiary alicyclic amines) is 2. The van der Waals surface area contributed by atoms with E-state index in [1.807, 2.05) is 36.9 Å². The molecular weight excluding hydrogens is 354 g/mol. The van der Waals surface area contributed by atoms with Crippen LogP contribution in [0.1, 0.15) is 41.8 Å². The third kappa shape index (κ3) is 3.78. The van der Waals surface area contributed by atoms with Crippen molar-refractivity contribution in [3.05, 3.63) is 46.8 Å². The minimum absolute atomic E-state index is 0.130. The van der Waals surface area contributed by atoms with Gasteiger partial charge in [-0.2, -0.15) is 0 Å². The van der Waals surface area contributed by atoms with Gasteiger partial charge in [0.05, 0.1) is 12.8 Å². The first-order chi connectivity index (χ1) is 13.5. The fourth-order valence-electron chi connectivity index (χ4n) is 4.59. The molecule has 0 N–H and O–H groups in total. The highest BCUT2D eigenvalue weighted by molar-refractivity contribution is 5.79. The van der Waals surface area contributed by atoms with Crippen LogP contribution >= 0.6 is 0 Å². The van der Waals surface area contributed by atoms with E-state index < -0.39 is 0 Å². The largest absolute Gasteiger partial charge is 0.497 e. The minimum atomic E-state index is 0.130. The molecule has 1 aromatic heterocycles. The van der Waals surface area contributed by atoms with E-state index >= 15 is 0 Å². The molecule has 0 bridgehead atoms. The summed E-state index contributed by atoms with van der Waals surface area (Å²) in [7, 11) is 1.67. The highest BCUT2D eigenvalue weighted by atomic mass is 16.5. The number of rotatable bonds is 5. The Balaban J connectivity index is 1.36. The predicted molar refractivity (Wildman–Crippen MR) is 106 cm³/mol. The summed E-state index contributed by atoms with van der Waals surface area (Å²) >= 11 is 0. The summed E-state index contributed by atoms with van der Waals surface area (Å²) in [5, 5.41) is 4.06. The lowest BCUT2D eigenvalue weighted by Gasteiger charge is -2.38. The molecule has 1 spiro atoms. The highest BCUT2D eigenvalue weighted by Crippen LogP contribution is 2.42. The Hall–Kier alpha value is -2.34. The average molecular weight is 383 g/mol. The summed E-state index contributed by atoms with van der Waals surface area (Å²) in [5.41, 5.74) is 3.45. The number of ether oxygens (including phenoxy) is 1. The lowest BCUT2D eigenvalue weighted by molar-refractivity contribution is -0.128. The zero-order valence-electron chi connectivity index (χ0n) is 17.0. The van der Waals surface area contributed by atoms with E-state index in [0.29, 0.717) is 13.0 Å². The molecule has 1 aromatic carbocycles. The van der Waals surface area contributed by atoms with Crippen LogP contribution < -0.4 is 4.74 Å². The molecule has 3 heterocycles. The summed E-state index contributed by atoms with van der Waals surface area (Å²) < 4.78 is 10.6. The lowest BCUT2D eigenvalue weighted by Crippen LogP contribution is -2.41. The Labute approximate surface area is 166 Å². The molecule has 1 amide bonds. The highest BCUT2D eigenvalue weighted by Gasteiger charge is 2.44. The van der Waals surface area contributed by atoms with Crippen molar-refractivity contribution in [1.82, 2.24) is 15.0 Å². The maximum absolute atomic E-state index is 12.7. The number of aromatic nitrogens is 1. The van der Waals surface area contributed by atoms with Gasteiger partial charge in [0.15, 0.2) is 0 Å². The van der Waals surface area contributed by atoms with E-state index in [0.717, 1.165) is 61.8 Å². The summed E-state index contributed by atoms with van der Waals surface area (Å²) in [5.74, 6) is 2.03. The van der Waals surface area contributed by atoms with Crippen LogP contribution in [-0.2, 0) is 17.9 Å². The fraction of sp³-hybridized carbons (Fsp3) is 0.545. The molecule has 4 rings (SSSR count). The van der Waals surface area contributed by atoms with Gasteiger partial charge >= 0.3 is 0 Å². The number of piperidine rings is 1. The van der Waals surface area contributed by atoms with Gasteiger partial charge in [-0.1, -0.05) is 17.3 Å². The van der Waals surface area contributed by atoms with Gasteiger partial charge in [-0.3, -0.25) is 9.69 Å². The fourth-order valence-corrected chi connectivity index (χ4v) is 4.59. The monoisotopic (exact) mass is 383 g/mol. The van der Waals surface area contributed by atoms with E-state index in [-0.39, 0.29) is 11.3 Å². The molecule has 28 heavy (non-hydrogen) atoms. The van der Waals surface area contributed by atoms with E-state index in [4.69, 9.17) is 9.26 Å². The Morgan fingerprint density at radius 3 is 2.68 bits per heavy atom. The second kappa shape index (κ2) is 7.59. The number of benzene rings is 1. The smallest absolute Gasteiger partial charge is 0.223 e. The summed E-state index contributed by atoms with van der Waals surface area (Å²) in [6.07, 6.45) is 2.81. The number of nitrogens with zero attached hydrogens (tertiary/aromatic N) is 3. The van der Waals surface area contributed by atoms with Gasteiger partial charge in [0.2, 0.25) is 5.91 Å². The Morgan fingerprint density at radius 1 is 1.21 bits per heavy atom. The van der Waals surface area contributed by atoms with Crippen LogP contribution in [0, 0.1) is 19.3 Å². The van der Waals surface area contributed by atoms with Gasteiger partial charge in [-0.25, -0.2) is 0 Å². The van der Waals surface area contributed by atoms with Crippen molar-refractivity contribution in [3.8, 4) is 5.75 Å². The molecule has 0 unspecified atom stereocenters. The van der Waals surface area contributed by atoms with Gasteiger partial charge < -0.3 is 14.2 Å². The third-order valence-corrected chi connectivity index (χ3v) is 6.39. The molecular formula is C22H29N3O3. The van der Waals surface area contributed by atoms with Crippen molar-refractivity contribution >= 4 is 5.91 Å². The predicted octanol–water partition coefficient (Wildman–Crippen LogP) is 3.31. The van der Waals surface area contributed by atoms with Crippen molar-refractivity contribution in [1.29, 1.82) is 0 Å². The standard InChI is InChI=1S/C22H29N3O3/c1-16-20(17(2)28-23-16)14-24-9-7-22(8-10-24)12-21(26)25(15-22)13-18-5-4-6-19(11-18)27-3/h4-6,11H,7-10,12-15H2,1-3H3. The zero-order valence-corrected chi connectivity index (χ0v) is 17.0. The number of aryl methyl sites for hydroxylation is 2. The van der Waals surface area contributed by atoms with Gasteiger partial charge in [-0.15, -0.1) is 0 Å². The molecule has 0 saturated carbocycles. The summed E-state index contributed by atoms with van der Waals surface area (Å²) in [6, 6.07) is 8.00. The molecule has 2 fully saturated rings. The van der Waals surface area contributed by atoms with Crippen molar-refractivity contribution in [3.63, 3.8) is 0 Å². The van der Waals surface area contributed by atoms with Crippen LogP contribution in [0.15, 0.2) is 28.8 Å². The first-order valence-electron chi connectivity index (χ1n) is 10.0. The molecule has 2 aromatic rings. The maximum atomic E-state index is 12.7. The van der Waals surface area contributed by atoms with E-state index in [9.17, 15) is 4.79 Å². The van der Waals surface area contributed by atoms with Gasteiger partial charge in [0, 0.05) is 31.6 Å². The molecule has 6 heteroatoms. The topological polar surface area (TPSA) is 58.8 Å². The molecule has 150 valence electrons. The number of hydrogen-bond acceptors (Lipinski definition) is 5. The van der Waals surface area contributed by atoms with Gasteiger partial charge in [0.1, 0.15) is 11.5 Å². The Bertz CT molecular complexity index is 833. The van der Waals surface area contributed by atoms with Crippen LogP contribution in [0.3, 0.4) is 0 Å². The van der Waals surface area contributed by atoms with Crippen LogP contribution in [0.2, 0.25) is 0 Å². The van der Waals surface area contributed by atoms with Gasteiger partial charge in [-0.05, 0) is 62.9 Å². The molecule has 2 saturated heterocycles. The van der Waals surface area contributed by atoms with Crippen molar-refractivity contribution in [2.24, 2.45) is 5.41 Å². The van der Waals surface area contributed by atoms with Crippen LogP contribution in [-0.4, -0.2) is 47.6 Å². The second-order valence-electron chi connectivity index (χ2n) is 8.36. The number of carbonyl (C=O) groups is 1.